The first kappa shape index (κ1) is 10.2. The third kappa shape index (κ3) is 3.14. The molecule has 0 aromatic carbocycles. The van der Waals surface area contributed by atoms with Crippen LogP contribution in [0, 0.1) is 0 Å². The SMILES string of the molecule is CC(C)c1cnc(CCC(=O)O)s1. The maximum atomic E-state index is 10.3. The molecule has 0 aliphatic rings. The molecular weight excluding hydrogens is 186 g/mol. The topological polar surface area (TPSA) is 50.2 Å². The minimum absolute atomic E-state index is 0.172. The second-order valence-electron chi connectivity index (χ2n) is 3.20. The summed E-state index contributed by atoms with van der Waals surface area (Å²) in [6.07, 6.45) is 2.56. The molecule has 0 spiro atoms. The van der Waals surface area contributed by atoms with Gasteiger partial charge in [0.05, 0.1) is 11.4 Å². The second kappa shape index (κ2) is 4.37. The predicted molar refractivity (Wildman–Crippen MR) is 52.2 cm³/mol. The molecule has 1 aromatic heterocycles. The monoisotopic (exact) mass is 199 g/mol. The molecule has 0 radical (unpaired) electrons. The van der Waals surface area contributed by atoms with E-state index in [4.69, 9.17) is 5.11 Å². The number of hydrogen-bond acceptors (Lipinski definition) is 3. The van der Waals surface area contributed by atoms with Gasteiger partial charge >= 0.3 is 5.97 Å². The van der Waals surface area contributed by atoms with Crippen molar-refractivity contribution in [1.82, 2.24) is 4.98 Å². The first-order valence-electron chi connectivity index (χ1n) is 4.26. The molecule has 0 amide bonds. The third-order valence-electron chi connectivity index (χ3n) is 1.69. The van der Waals surface area contributed by atoms with Crippen molar-refractivity contribution >= 4 is 17.3 Å². The molecule has 13 heavy (non-hydrogen) atoms. The van der Waals surface area contributed by atoms with Crippen LogP contribution < -0.4 is 0 Å². The molecule has 0 aliphatic heterocycles. The van der Waals surface area contributed by atoms with Gasteiger partial charge in [-0.3, -0.25) is 4.79 Å². The highest BCUT2D eigenvalue weighted by Gasteiger charge is 2.06. The standard InChI is InChI=1S/C9H13NO2S/c1-6(2)7-5-10-8(13-7)3-4-9(11)12/h5-6H,3-4H2,1-2H3,(H,11,12). The Morgan fingerprint density at radius 1 is 1.69 bits per heavy atom. The van der Waals surface area contributed by atoms with Gasteiger partial charge in [-0.25, -0.2) is 4.98 Å². The summed E-state index contributed by atoms with van der Waals surface area (Å²) in [5, 5.41) is 9.39. The highest BCUT2D eigenvalue weighted by atomic mass is 32.1. The zero-order chi connectivity index (χ0) is 9.84. The molecule has 0 atom stereocenters. The lowest BCUT2D eigenvalue weighted by Gasteiger charge is -1.95. The van der Waals surface area contributed by atoms with Crippen molar-refractivity contribution < 1.29 is 9.90 Å². The number of thiazole rings is 1. The summed E-state index contributed by atoms with van der Waals surface area (Å²) >= 11 is 1.61. The number of aromatic nitrogens is 1. The number of hydrogen-bond donors (Lipinski definition) is 1. The Hall–Kier alpha value is -0.900. The lowest BCUT2D eigenvalue weighted by Crippen LogP contribution is -1.96. The van der Waals surface area contributed by atoms with Gasteiger partial charge in [-0.1, -0.05) is 13.8 Å². The molecular formula is C9H13NO2S. The molecule has 1 N–H and O–H groups in total. The Balaban J connectivity index is 2.54. The molecule has 1 aromatic rings. The van der Waals surface area contributed by atoms with Crippen molar-refractivity contribution in [1.29, 1.82) is 0 Å². The van der Waals surface area contributed by atoms with Crippen LogP contribution in [-0.4, -0.2) is 16.1 Å². The van der Waals surface area contributed by atoms with E-state index < -0.39 is 5.97 Å². The number of carboxylic acid groups (broad SMARTS) is 1. The molecule has 1 heterocycles. The van der Waals surface area contributed by atoms with E-state index in [1.807, 2.05) is 6.20 Å². The highest BCUT2D eigenvalue weighted by Crippen LogP contribution is 2.22. The minimum atomic E-state index is -0.763. The normalized spacial score (nSPS) is 10.7. The third-order valence-corrected chi connectivity index (χ3v) is 3.05. The molecule has 0 fully saturated rings. The predicted octanol–water partition coefficient (Wildman–Crippen LogP) is 2.28. The van der Waals surface area contributed by atoms with Gasteiger partial charge < -0.3 is 5.11 Å². The Morgan fingerprint density at radius 3 is 2.85 bits per heavy atom. The fourth-order valence-electron chi connectivity index (χ4n) is 0.921. The summed E-state index contributed by atoms with van der Waals surface area (Å²) in [6, 6.07) is 0. The maximum absolute atomic E-state index is 10.3. The summed E-state index contributed by atoms with van der Waals surface area (Å²) in [5.74, 6) is -0.280. The first-order chi connectivity index (χ1) is 6.09. The Bertz CT molecular complexity index is 294. The summed E-state index contributed by atoms with van der Waals surface area (Å²) in [5.41, 5.74) is 0. The van der Waals surface area contributed by atoms with Crippen molar-refractivity contribution in [3.8, 4) is 0 Å². The molecule has 0 saturated heterocycles. The van der Waals surface area contributed by atoms with Gasteiger partial charge in [0.1, 0.15) is 0 Å². The number of rotatable bonds is 4. The second-order valence-corrected chi connectivity index (χ2v) is 4.35. The summed E-state index contributed by atoms with van der Waals surface area (Å²) in [7, 11) is 0. The van der Waals surface area contributed by atoms with E-state index in [9.17, 15) is 4.79 Å². The summed E-state index contributed by atoms with van der Waals surface area (Å²) in [6.45, 7) is 4.21. The molecule has 4 heteroatoms. The van der Waals surface area contributed by atoms with E-state index in [0.717, 1.165) is 5.01 Å². The molecule has 0 aliphatic carbocycles. The van der Waals surface area contributed by atoms with E-state index in [1.54, 1.807) is 11.3 Å². The van der Waals surface area contributed by atoms with Crippen molar-refractivity contribution in [2.45, 2.75) is 32.6 Å². The summed E-state index contributed by atoms with van der Waals surface area (Å²) < 4.78 is 0. The average Bonchev–Trinajstić information content (AvgIpc) is 2.48. The maximum Gasteiger partial charge on any atom is 0.303 e. The van der Waals surface area contributed by atoms with E-state index in [1.165, 1.54) is 4.88 Å². The zero-order valence-electron chi connectivity index (χ0n) is 7.78. The van der Waals surface area contributed by atoms with Crippen LogP contribution in [0.25, 0.3) is 0 Å². The zero-order valence-corrected chi connectivity index (χ0v) is 8.60. The van der Waals surface area contributed by atoms with E-state index in [0.29, 0.717) is 12.3 Å². The first-order valence-corrected chi connectivity index (χ1v) is 5.07. The van der Waals surface area contributed by atoms with Gasteiger partial charge in [0, 0.05) is 17.5 Å². The van der Waals surface area contributed by atoms with Crippen molar-refractivity contribution in [2.24, 2.45) is 0 Å². The van der Waals surface area contributed by atoms with Crippen molar-refractivity contribution in [3.05, 3.63) is 16.1 Å². The number of aryl methyl sites for hydroxylation is 1. The Kier molecular flexibility index (Phi) is 3.42. The van der Waals surface area contributed by atoms with Gasteiger partial charge in [0.25, 0.3) is 0 Å². The van der Waals surface area contributed by atoms with Crippen LogP contribution in [0.4, 0.5) is 0 Å². The molecule has 3 nitrogen and oxygen atoms in total. The number of aliphatic carboxylic acids is 1. The number of carboxylic acids is 1. The van der Waals surface area contributed by atoms with Gasteiger partial charge in [-0.05, 0) is 5.92 Å². The fraction of sp³-hybridized carbons (Fsp3) is 0.556. The van der Waals surface area contributed by atoms with Crippen LogP contribution in [0.3, 0.4) is 0 Å². The van der Waals surface area contributed by atoms with Gasteiger partial charge in [-0.2, -0.15) is 0 Å². The fourth-order valence-corrected chi connectivity index (χ4v) is 1.84. The van der Waals surface area contributed by atoms with Crippen molar-refractivity contribution in [2.75, 3.05) is 0 Å². The van der Waals surface area contributed by atoms with Crippen LogP contribution >= 0.6 is 11.3 Å². The van der Waals surface area contributed by atoms with E-state index >= 15 is 0 Å². The molecule has 0 unspecified atom stereocenters. The Morgan fingerprint density at radius 2 is 2.38 bits per heavy atom. The largest absolute Gasteiger partial charge is 0.481 e. The molecule has 1 rings (SSSR count). The number of carbonyl (C=O) groups is 1. The van der Waals surface area contributed by atoms with Crippen LogP contribution in [0.5, 0.6) is 0 Å². The van der Waals surface area contributed by atoms with Gasteiger partial charge in [0.2, 0.25) is 0 Å². The quantitative estimate of drug-likeness (QED) is 0.809. The highest BCUT2D eigenvalue weighted by molar-refractivity contribution is 7.11. The lowest BCUT2D eigenvalue weighted by molar-refractivity contribution is -0.136. The average molecular weight is 199 g/mol. The van der Waals surface area contributed by atoms with Crippen LogP contribution in [0.1, 0.15) is 36.1 Å². The summed E-state index contributed by atoms with van der Waals surface area (Å²) in [4.78, 5) is 15.7. The van der Waals surface area contributed by atoms with Crippen molar-refractivity contribution in [3.63, 3.8) is 0 Å². The van der Waals surface area contributed by atoms with Crippen LogP contribution in [0.2, 0.25) is 0 Å². The van der Waals surface area contributed by atoms with E-state index in [-0.39, 0.29) is 6.42 Å². The van der Waals surface area contributed by atoms with Gasteiger partial charge in [-0.15, -0.1) is 11.3 Å². The molecule has 0 saturated carbocycles. The Labute approximate surface area is 81.4 Å². The van der Waals surface area contributed by atoms with Crippen LogP contribution in [0.15, 0.2) is 6.20 Å². The van der Waals surface area contributed by atoms with E-state index in [2.05, 4.69) is 18.8 Å². The smallest absolute Gasteiger partial charge is 0.303 e. The van der Waals surface area contributed by atoms with Gasteiger partial charge in [0.15, 0.2) is 0 Å². The number of nitrogens with zero attached hydrogens (tertiary/aromatic N) is 1. The van der Waals surface area contributed by atoms with Crippen LogP contribution in [-0.2, 0) is 11.2 Å². The molecule has 0 bridgehead atoms. The lowest BCUT2D eigenvalue weighted by atomic mass is 10.2. The molecule has 72 valence electrons. The minimum Gasteiger partial charge on any atom is -0.481 e.